The van der Waals surface area contributed by atoms with Gasteiger partial charge in [-0.25, -0.2) is 4.79 Å². The van der Waals surface area contributed by atoms with Crippen molar-refractivity contribution in [1.29, 1.82) is 0 Å². The van der Waals surface area contributed by atoms with Crippen LogP contribution < -0.4 is 15.5 Å². The fourth-order valence-electron chi connectivity index (χ4n) is 1.76. The molecule has 1 rings (SSSR count). The average molecular weight is 293 g/mol. The van der Waals surface area contributed by atoms with Gasteiger partial charge in [0.05, 0.1) is 6.54 Å². The molecule has 3 N–H and O–H groups in total. The highest BCUT2D eigenvalue weighted by atomic mass is 16.4. The summed E-state index contributed by atoms with van der Waals surface area (Å²) in [7, 11) is 1.42. The van der Waals surface area contributed by atoms with Gasteiger partial charge < -0.3 is 15.3 Å². The van der Waals surface area contributed by atoms with Crippen LogP contribution in [0.25, 0.3) is 0 Å². The summed E-state index contributed by atoms with van der Waals surface area (Å²) in [5, 5.41) is 13.2. The third-order valence-corrected chi connectivity index (χ3v) is 2.75. The van der Waals surface area contributed by atoms with Crippen molar-refractivity contribution in [2.75, 3.05) is 25.0 Å². The van der Waals surface area contributed by atoms with E-state index < -0.39 is 17.9 Å². The molecule has 0 unspecified atom stereocenters. The third kappa shape index (κ3) is 6.42. The second-order valence-electron chi connectivity index (χ2n) is 4.38. The maximum absolute atomic E-state index is 11.8. The Balaban J connectivity index is 2.66. The molecular formula is C14H19N3O4. The van der Waals surface area contributed by atoms with Crippen molar-refractivity contribution in [1.82, 2.24) is 10.6 Å². The molecular weight excluding hydrogens is 274 g/mol. The number of carboxylic acids is 1. The van der Waals surface area contributed by atoms with E-state index >= 15 is 0 Å². The van der Waals surface area contributed by atoms with Crippen molar-refractivity contribution >= 4 is 23.6 Å². The average Bonchev–Trinajstić information content (AvgIpc) is 2.46. The van der Waals surface area contributed by atoms with Gasteiger partial charge in [-0.2, -0.15) is 0 Å². The van der Waals surface area contributed by atoms with Crippen LogP contribution in [-0.2, 0) is 9.59 Å². The summed E-state index contributed by atoms with van der Waals surface area (Å²) in [5.41, 5.74) is 0.801. The summed E-state index contributed by atoms with van der Waals surface area (Å²) in [5.74, 6) is -1.33. The van der Waals surface area contributed by atoms with Crippen molar-refractivity contribution in [2.45, 2.75) is 12.8 Å². The predicted octanol–water partition coefficient (Wildman–Crippen LogP) is 0.813. The van der Waals surface area contributed by atoms with E-state index in [4.69, 9.17) is 5.11 Å². The van der Waals surface area contributed by atoms with Gasteiger partial charge in [0.2, 0.25) is 5.91 Å². The van der Waals surface area contributed by atoms with Gasteiger partial charge in [-0.1, -0.05) is 18.2 Å². The zero-order chi connectivity index (χ0) is 15.7. The van der Waals surface area contributed by atoms with E-state index in [9.17, 15) is 14.4 Å². The Bertz CT molecular complexity index is 490. The van der Waals surface area contributed by atoms with Gasteiger partial charge in [0.1, 0.15) is 0 Å². The zero-order valence-corrected chi connectivity index (χ0v) is 11.8. The fourth-order valence-corrected chi connectivity index (χ4v) is 1.76. The van der Waals surface area contributed by atoms with Crippen LogP contribution in [0.3, 0.4) is 0 Å². The van der Waals surface area contributed by atoms with E-state index in [1.807, 2.05) is 30.3 Å². The maximum Gasteiger partial charge on any atom is 0.321 e. The van der Waals surface area contributed by atoms with Gasteiger partial charge in [-0.15, -0.1) is 0 Å². The molecule has 0 aliphatic heterocycles. The molecule has 0 aliphatic carbocycles. The van der Waals surface area contributed by atoms with Crippen molar-refractivity contribution in [2.24, 2.45) is 0 Å². The number of carboxylic acid groups (broad SMARTS) is 1. The first-order valence-electron chi connectivity index (χ1n) is 6.56. The number of nitrogens with zero attached hydrogens (tertiary/aromatic N) is 1. The summed E-state index contributed by atoms with van der Waals surface area (Å²) in [6.07, 6.45) is 0.442. The van der Waals surface area contributed by atoms with Crippen molar-refractivity contribution in [3.05, 3.63) is 30.3 Å². The zero-order valence-electron chi connectivity index (χ0n) is 11.8. The van der Waals surface area contributed by atoms with E-state index in [-0.39, 0.29) is 13.0 Å². The Labute approximate surface area is 122 Å². The summed E-state index contributed by atoms with van der Waals surface area (Å²) in [6.45, 7) is 0.397. The number of para-hydroxylation sites is 1. The minimum Gasteiger partial charge on any atom is -0.481 e. The second-order valence-corrected chi connectivity index (χ2v) is 4.38. The lowest BCUT2D eigenvalue weighted by molar-refractivity contribution is -0.137. The lowest BCUT2D eigenvalue weighted by Gasteiger charge is -2.23. The molecule has 0 radical (unpaired) electrons. The molecule has 7 heteroatoms. The van der Waals surface area contributed by atoms with Gasteiger partial charge in [0, 0.05) is 25.7 Å². The quantitative estimate of drug-likeness (QED) is 0.691. The number of anilines is 1. The highest BCUT2D eigenvalue weighted by Crippen LogP contribution is 2.13. The first-order chi connectivity index (χ1) is 10.0. The standard InChI is InChI=1S/C14H19N3O4/c1-15-14(21)16-12(18)10-17(9-5-8-13(19)20)11-6-3-2-4-7-11/h2-4,6-7H,5,8-10H2,1H3,(H,19,20)(H2,15,16,18,21). The van der Waals surface area contributed by atoms with E-state index in [2.05, 4.69) is 10.6 Å². The van der Waals surface area contributed by atoms with Crippen LogP contribution in [0.2, 0.25) is 0 Å². The molecule has 21 heavy (non-hydrogen) atoms. The lowest BCUT2D eigenvalue weighted by atomic mass is 10.2. The molecule has 0 fully saturated rings. The number of amides is 3. The fraction of sp³-hybridized carbons (Fsp3) is 0.357. The van der Waals surface area contributed by atoms with E-state index in [0.717, 1.165) is 5.69 Å². The first-order valence-corrected chi connectivity index (χ1v) is 6.56. The molecule has 1 aromatic carbocycles. The van der Waals surface area contributed by atoms with Gasteiger partial charge in [-0.05, 0) is 18.6 Å². The molecule has 0 atom stereocenters. The van der Waals surface area contributed by atoms with Crippen LogP contribution in [0.1, 0.15) is 12.8 Å². The number of hydrogen-bond acceptors (Lipinski definition) is 4. The van der Waals surface area contributed by atoms with Crippen molar-refractivity contribution in [3.8, 4) is 0 Å². The molecule has 0 saturated heterocycles. The first kappa shape index (κ1) is 16.5. The summed E-state index contributed by atoms with van der Waals surface area (Å²) in [4.78, 5) is 35.2. The van der Waals surface area contributed by atoms with Crippen LogP contribution in [-0.4, -0.2) is 43.2 Å². The van der Waals surface area contributed by atoms with Gasteiger partial charge in [0.15, 0.2) is 0 Å². The summed E-state index contributed by atoms with van der Waals surface area (Å²) >= 11 is 0. The normalized spacial score (nSPS) is 9.76. The molecule has 1 aromatic rings. The largest absolute Gasteiger partial charge is 0.481 e. The van der Waals surface area contributed by atoms with Crippen LogP contribution in [0.5, 0.6) is 0 Å². The number of urea groups is 1. The minimum absolute atomic E-state index is 0.0168. The van der Waals surface area contributed by atoms with Crippen molar-refractivity contribution in [3.63, 3.8) is 0 Å². The highest BCUT2D eigenvalue weighted by molar-refractivity contribution is 5.96. The molecule has 7 nitrogen and oxygen atoms in total. The third-order valence-electron chi connectivity index (χ3n) is 2.75. The molecule has 0 saturated carbocycles. The second kappa shape index (κ2) is 8.57. The molecule has 114 valence electrons. The van der Waals surface area contributed by atoms with Crippen LogP contribution in [0.15, 0.2) is 30.3 Å². The molecule has 0 heterocycles. The monoisotopic (exact) mass is 293 g/mol. The Hall–Kier alpha value is -2.57. The molecule has 0 spiro atoms. The SMILES string of the molecule is CNC(=O)NC(=O)CN(CCCC(=O)O)c1ccccc1. The highest BCUT2D eigenvalue weighted by Gasteiger charge is 2.13. The van der Waals surface area contributed by atoms with Gasteiger partial charge in [0.25, 0.3) is 0 Å². The number of benzene rings is 1. The van der Waals surface area contributed by atoms with E-state index in [1.165, 1.54) is 7.05 Å². The Morgan fingerprint density at radius 2 is 1.86 bits per heavy atom. The minimum atomic E-state index is -0.877. The van der Waals surface area contributed by atoms with E-state index in [1.54, 1.807) is 4.90 Å². The number of nitrogens with one attached hydrogen (secondary N) is 2. The molecule has 0 aromatic heterocycles. The number of carbonyl (C=O) groups is 3. The smallest absolute Gasteiger partial charge is 0.321 e. The Kier molecular flexibility index (Phi) is 6.73. The van der Waals surface area contributed by atoms with Crippen LogP contribution in [0, 0.1) is 0 Å². The summed E-state index contributed by atoms with van der Waals surface area (Å²) in [6, 6.07) is 8.59. The summed E-state index contributed by atoms with van der Waals surface area (Å²) < 4.78 is 0. The van der Waals surface area contributed by atoms with Crippen LogP contribution >= 0.6 is 0 Å². The lowest BCUT2D eigenvalue weighted by Crippen LogP contribution is -2.43. The molecule has 3 amide bonds. The number of hydrogen-bond donors (Lipinski definition) is 3. The number of imide groups is 1. The maximum atomic E-state index is 11.8. The van der Waals surface area contributed by atoms with E-state index in [0.29, 0.717) is 13.0 Å². The Morgan fingerprint density at radius 1 is 1.19 bits per heavy atom. The van der Waals surface area contributed by atoms with Crippen molar-refractivity contribution < 1.29 is 19.5 Å². The number of carbonyl (C=O) groups excluding carboxylic acids is 2. The number of rotatable bonds is 7. The Morgan fingerprint density at radius 3 is 2.43 bits per heavy atom. The molecule has 0 bridgehead atoms. The molecule has 0 aliphatic rings. The topological polar surface area (TPSA) is 98.7 Å². The van der Waals surface area contributed by atoms with Gasteiger partial charge in [-0.3, -0.25) is 14.9 Å². The van der Waals surface area contributed by atoms with Crippen LogP contribution in [0.4, 0.5) is 10.5 Å². The van der Waals surface area contributed by atoms with Gasteiger partial charge >= 0.3 is 12.0 Å². The predicted molar refractivity (Wildman–Crippen MR) is 78.1 cm³/mol. The number of aliphatic carboxylic acids is 1.